The van der Waals surface area contributed by atoms with E-state index in [0.717, 1.165) is 48.4 Å². The molecule has 0 aromatic heterocycles. The summed E-state index contributed by atoms with van der Waals surface area (Å²) in [6, 6.07) is 0. The fraction of sp³-hybridized carbons (Fsp3) is 0.875. The maximum Gasteiger partial charge on any atom is 0.0829 e. The van der Waals surface area contributed by atoms with Crippen molar-refractivity contribution in [3.05, 3.63) is 24.6 Å². The number of unbranched alkanes of at least 4 members (excludes halogenated alkanes) is 1. The molecule has 194 valence electrons. The highest BCUT2D eigenvalue weighted by atomic mass is 19.1. The molecule has 0 amide bonds. The van der Waals surface area contributed by atoms with Gasteiger partial charge in [-0.05, 0) is 151 Å². The van der Waals surface area contributed by atoms with Gasteiger partial charge in [-0.3, -0.25) is 0 Å². The Morgan fingerprint density at radius 1 is 0.559 bits per heavy atom. The predicted octanol–water partition coefficient (Wildman–Crippen LogP) is 9.82. The zero-order valence-electron chi connectivity index (χ0n) is 22.1. The molecule has 4 saturated carbocycles. The van der Waals surface area contributed by atoms with Crippen molar-refractivity contribution in [3.63, 3.8) is 0 Å². The van der Waals surface area contributed by atoms with Crippen molar-refractivity contribution >= 4 is 0 Å². The van der Waals surface area contributed by atoms with Crippen LogP contribution in [0.15, 0.2) is 24.6 Å². The average molecular weight is 473 g/mol. The Bertz CT molecular complexity index is 595. The molecule has 4 fully saturated rings. The van der Waals surface area contributed by atoms with Crippen LogP contribution in [-0.2, 0) is 4.74 Å². The van der Waals surface area contributed by atoms with Crippen LogP contribution >= 0.6 is 0 Å². The van der Waals surface area contributed by atoms with Crippen molar-refractivity contribution < 1.29 is 9.13 Å². The van der Waals surface area contributed by atoms with E-state index < -0.39 is 0 Å². The zero-order valence-corrected chi connectivity index (χ0v) is 22.1. The van der Waals surface area contributed by atoms with E-state index in [1.807, 2.05) is 0 Å². The first kappa shape index (κ1) is 26.4. The van der Waals surface area contributed by atoms with Crippen molar-refractivity contribution in [2.24, 2.45) is 41.4 Å². The van der Waals surface area contributed by atoms with E-state index in [4.69, 9.17) is 4.74 Å². The van der Waals surface area contributed by atoms with Crippen molar-refractivity contribution in [2.75, 3.05) is 6.61 Å². The fourth-order valence-corrected chi connectivity index (χ4v) is 7.96. The summed E-state index contributed by atoms with van der Waals surface area (Å²) in [4.78, 5) is 0. The number of ether oxygens (including phenoxy) is 1. The molecule has 0 heterocycles. The molecule has 4 aliphatic rings. The monoisotopic (exact) mass is 472 g/mol. The largest absolute Gasteiger partial charge is 0.378 e. The highest BCUT2D eigenvalue weighted by Crippen LogP contribution is 2.46. The predicted molar refractivity (Wildman–Crippen MR) is 142 cm³/mol. The summed E-state index contributed by atoms with van der Waals surface area (Å²) >= 11 is 0. The van der Waals surface area contributed by atoms with Gasteiger partial charge >= 0.3 is 0 Å². The van der Waals surface area contributed by atoms with Gasteiger partial charge in [-0.15, -0.1) is 0 Å². The molecule has 4 aliphatic carbocycles. The van der Waals surface area contributed by atoms with Crippen LogP contribution in [0.2, 0.25) is 0 Å². The molecule has 2 heteroatoms. The number of halogens is 1. The summed E-state index contributed by atoms with van der Waals surface area (Å²) in [6.45, 7) is 3.21. The molecule has 0 aromatic rings. The summed E-state index contributed by atoms with van der Waals surface area (Å²) < 4.78 is 18.5. The molecule has 0 radical (unpaired) electrons. The van der Waals surface area contributed by atoms with Gasteiger partial charge in [0.1, 0.15) is 0 Å². The topological polar surface area (TPSA) is 9.23 Å². The van der Waals surface area contributed by atoms with Crippen LogP contribution in [0, 0.1) is 41.4 Å². The van der Waals surface area contributed by atoms with Crippen LogP contribution in [0.4, 0.5) is 4.39 Å². The Labute approximate surface area is 210 Å². The first-order valence-corrected chi connectivity index (χ1v) is 15.3. The number of hydrogen-bond acceptors (Lipinski definition) is 1. The Balaban J connectivity index is 1.09. The standard InChI is InChI=1S/C32H53FO/c1-2-3-24-34-32-20-10-26(11-21-32)5-4-25-6-12-28(13-7-25)30-16-18-31(19-17-30)29-14-8-27(9-15-29)22-23-33/h4-5,22-23,25-32H,2-3,6-21,24H2,1H3/b5-4+,23-22+. The first-order valence-electron chi connectivity index (χ1n) is 15.3. The third-order valence-electron chi connectivity index (χ3n) is 10.4. The molecule has 0 aromatic carbocycles. The van der Waals surface area contributed by atoms with Gasteiger partial charge in [0.05, 0.1) is 12.4 Å². The van der Waals surface area contributed by atoms with E-state index in [9.17, 15) is 4.39 Å². The lowest BCUT2D eigenvalue weighted by Gasteiger charge is -2.41. The summed E-state index contributed by atoms with van der Waals surface area (Å²) in [5.41, 5.74) is 0. The van der Waals surface area contributed by atoms with Crippen molar-refractivity contribution in [1.29, 1.82) is 0 Å². The molecule has 0 spiro atoms. The van der Waals surface area contributed by atoms with Gasteiger partial charge in [-0.25, -0.2) is 4.39 Å². The maximum absolute atomic E-state index is 12.5. The lowest BCUT2D eigenvalue weighted by atomic mass is 9.65. The van der Waals surface area contributed by atoms with Gasteiger partial charge in [-0.2, -0.15) is 0 Å². The molecule has 0 atom stereocenters. The Morgan fingerprint density at radius 3 is 1.35 bits per heavy atom. The van der Waals surface area contributed by atoms with E-state index in [1.165, 1.54) is 116 Å². The van der Waals surface area contributed by atoms with Crippen LogP contribution in [-0.4, -0.2) is 12.7 Å². The SMILES string of the molecule is CCCCOC1CCC(/C=C/C2CCC(C3CCC(C4CCC(/C=C/F)CC4)CC3)CC2)CC1. The summed E-state index contributed by atoms with van der Waals surface area (Å²) in [5.74, 6) is 6.09. The van der Waals surface area contributed by atoms with Gasteiger partial charge in [-0.1, -0.05) is 31.6 Å². The molecule has 0 unspecified atom stereocenters. The Kier molecular flexibility index (Phi) is 11.0. The lowest BCUT2D eigenvalue weighted by molar-refractivity contribution is 0.0208. The van der Waals surface area contributed by atoms with E-state index >= 15 is 0 Å². The summed E-state index contributed by atoms with van der Waals surface area (Å²) in [6.07, 6.45) is 32.8. The van der Waals surface area contributed by atoms with Crippen LogP contribution in [0.25, 0.3) is 0 Å². The van der Waals surface area contributed by atoms with Gasteiger partial charge in [0.15, 0.2) is 0 Å². The summed E-state index contributed by atoms with van der Waals surface area (Å²) in [5, 5.41) is 0. The molecule has 34 heavy (non-hydrogen) atoms. The molecule has 0 bridgehead atoms. The highest BCUT2D eigenvalue weighted by molar-refractivity contribution is 4.97. The molecular weight excluding hydrogens is 419 g/mol. The summed E-state index contributed by atoms with van der Waals surface area (Å²) in [7, 11) is 0. The second-order valence-electron chi connectivity index (χ2n) is 12.5. The van der Waals surface area contributed by atoms with Gasteiger partial charge < -0.3 is 4.74 Å². The number of rotatable bonds is 9. The average Bonchev–Trinajstić information content (AvgIpc) is 2.89. The molecule has 0 aliphatic heterocycles. The second kappa shape index (κ2) is 14.2. The van der Waals surface area contributed by atoms with Crippen LogP contribution < -0.4 is 0 Å². The molecule has 0 saturated heterocycles. The second-order valence-corrected chi connectivity index (χ2v) is 12.5. The minimum absolute atomic E-state index is 0.515. The zero-order chi connectivity index (χ0) is 23.6. The maximum atomic E-state index is 12.5. The minimum Gasteiger partial charge on any atom is -0.378 e. The van der Waals surface area contributed by atoms with E-state index in [-0.39, 0.29) is 0 Å². The molecule has 1 nitrogen and oxygen atoms in total. The lowest BCUT2D eigenvalue weighted by Crippen LogP contribution is -2.29. The van der Waals surface area contributed by atoms with Gasteiger partial charge in [0.25, 0.3) is 0 Å². The minimum atomic E-state index is 0.515. The Morgan fingerprint density at radius 2 is 0.941 bits per heavy atom. The fourth-order valence-electron chi connectivity index (χ4n) is 7.96. The van der Waals surface area contributed by atoms with Gasteiger partial charge in [0.2, 0.25) is 0 Å². The van der Waals surface area contributed by atoms with Crippen molar-refractivity contribution in [1.82, 2.24) is 0 Å². The van der Waals surface area contributed by atoms with E-state index in [0.29, 0.717) is 12.0 Å². The van der Waals surface area contributed by atoms with Crippen LogP contribution in [0.5, 0.6) is 0 Å². The number of allylic oxidation sites excluding steroid dienone is 3. The van der Waals surface area contributed by atoms with Crippen molar-refractivity contribution in [2.45, 2.75) is 129 Å². The molecule has 0 N–H and O–H groups in total. The molecular formula is C32H53FO. The quantitative estimate of drug-likeness (QED) is 0.240. The van der Waals surface area contributed by atoms with Crippen LogP contribution in [0.3, 0.4) is 0 Å². The third-order valence-corrected chi connectivity index (χ3v) is 10.4. The first-order chi connectivity index (χ1) is 16.7. The molecule has 4 rings (SSSR count). The Hall–Kier alpha value is -0.630. The van der Waals surface area contributed by atoms with E-state index in [2.05, 4.69) is 19.1 Å². The van der Waals surface area contributed by atoms with Crippen molar-refractivity contribution in [3.8, 4) is 0 Å². The van der Waals surface area contributed by atoms with E-state index in [1.54, 1.807) is 6.08 Å². The van der Waals surface area contributed by atoms with Gasteiger partial charge in [0, 0.05) is 6.61 Å². The van der Waals surface area contributed by atoms with Crippen LogP contribution in [0.1, 0.15) is 122 Å². The third kappa shape index (κ3) is 7.94. The highest BCUT2D eigenvalue weighted by Gasteiger charge is 2.34. The number of hydrogen-bond donors (Lipinski definition) is 0. The normalized spacial score (nSPS) is 40.2. The smallest absolute Gasteiger partial charge is 0.0829 e.